The number of nitriles is 1. The van der Waals surface area contributed by atoms with Crippen LogP contribution in [0.1, 0.15) is 11.5 Å². The zero-order valence-corrected chi connectivity index (χ0v) is 8.73. The van der Waals surface area contributed by atoms with Crippen LogP contribution < -0.4 is 9.47 Å². The normalized spacial score (nSPS) is 11.6. The largest absolute Gasteiger partial charge is 0.493 e. The fraction of sp³-hybridized carbons (Fsp3) is 0.364. The summed E-state index contributed by atoms with van der Waals surface area (Å²) in [7, 11) is 3.08. The second-order valence-electron chi connectivity index (χ2n) is 2.98. The number of benzene rings is 1. The van der Waals surface area contributed by atoms with Crippen LogP contribution in [0.2, 0.25) is 0 Å². The highest BCUT2D eigenvalue weighted by Gasteiger charge is 2.12. The van der Waals surface area contributed by atoms with Gasteiger partial charge in [-0.1, -0.05) is 6.07 Å². The van der Waals surface area contributed by atoms with Gasteiger partial charge < -0.3 is 14.6 Å². The van der Waals surface area contributed by atoms with Gasteiger partial charge in [-0.25, -0.2) is 0 Å². The Morgan fingerprint density at radius 3 is 2.47 bits per heavy atom. The van der Waals surface area contributed by atoms with E-state index < -0.39 is 5.92 Å². The van der Waals surface area contributed by atoms with Crippen molar-refractivity contribution in [1.82, 2.24) is 0 Å². The molecule has 0 spiro atoms. The molecule has 4 heteroatoms. The summed E-state index contributed by atoms with van der Waals surface area (Å²) in [6, 6.07) is 7.17. The third-order valence-electron chi connectivity index (χ3n) is 2.15. The topological polar surface area (TPSA) is 62.5 Å². The van der Waals surface area contributed by atoms with E-state index >= 15 is 0 Å². The quantitative estimate of drug-likeness (QED) is 0.808. The maximum atomic E-state index is 8.97. The molecule has 0 aliphatic rings. The number of rotatable bonds is 4. The lowest BCUT2D eigenvalue weighted by molar-refractivity contribution is 0.285. The van der Waals surface area contributed by atoms with Crippen molar-refractivity contribution in [2.24, 2.45) is 0 Å². The molecule has 0 heterocycles. The molecule has 1 atom stereocenters. The maximum absolute atomic E-state index is 8.97. The van der Waals surface area contributed by atoms with Gasteiger partial charge in [0.05, 0.1) is 32.8 Å². The molecule has 0 aromatic heterocycles. The van der Waals surface area contributed by atoms with Crippen LogP contribution in [0.4, 0.5) is 0 Å². The van der Waals surface area contributed by atoms with Gasteiger partial charge in [0.25, 0.3) is 0 Å². The number of aliphatic hydroxyl groups excluding tert-OH is 1. The van der Waals surface area contributed by atoms with Gasteiger partial charge in [-0.3, -0.25) is 0 Å². The molecule has 0 fully saturated rings. The Morgan fingerprint density at radius 2 is 2.00 bits per heavy atom. The Morgan fingerprint density at radius 1 is 1.33 bits per heavy atom. The highest BCUT2D eigenvalue weighted by Crippen LogP contribution is 2.30. The minimum Gasteiger partial charge on any atom is -0.493 e. The molecule has 0 bridgehead atoms. The summed E-state index contributed by atoms with van der Waals surface area (Å²) in [5.74, 6) is 0.643. The number of aliphatic hydroxyl groups is 1. The van der Waals surface area contributed by atoms with Gasteiger partial charge in [0.2, 0.25) is 0 Å². The fourth-order valence-electron chi connectivity index (χ4n) is 1.29. The first-order valence-corrected chi connectivity index (χ1v) is 4.49. The minimum atomic E-state index is -0.523. The van der Waals surface area contributed by atoms with E-state index in [1.54, 1.807) is 25.3 Å². The summed E-state index contributed by atoms with van der Waals surface area (Å²) in [6.07, 6.45) is 0. The molecule has 1 rings (SSSR count). The van der Waals surface area contributed by atoms with E-state index in [1.165, 1.54) is 7.11 Å². The molecule has 1 aromatic carbocycles. The molecule has 1 N–H and O–H groups in total. The van der Waals surface area contributed by atoms with E-state index in [2.05, 4.69) is 0 Å². The summed E-state index contributed by atoms with van der Waals surface area (Å²) >= 11 is 0. The van der Waals surface area contributed by atoms with Gasteiger partial charge in [0.15, 0.2) is 11.5 Å². The van der Waals surface area contributed by atoms with Gasteiger partial charge >= 0.3 is 0 Å². The van der Waals surface area contributed by atoms with E-state index in [0.29, 0.717) is 11.5 Å². The van der Waals surface area contributed by atoms with Crippen LogP contribution in [-0.4, -0.2) is 25.9 Å². The highest BCUT2D eigenvalue weighted by molar-refractivity contribution is 5.44. The van der Waals surface area contributed by atoms with Crippen LogP contribution in [0.5, 0.6) is 11.5 Å². The van der Waals surface area contributed by atoms with Crippen molar-refractivity contribution in [3.05, 3.63) is 23.8 Å². The molecule has 4 nitrogen and oxygen atoms in total. The Balaban J connectivity index is 3.08. The van der Waals surface area contributed by atoms with Crippen molar-refractivity contribution < 1.29 is 14.6 Å². The van der Waals surface area contributed by atoms with Crippen LogP contribution in [0.15, 0.2) is 18.2 Å². The van der Waals surface area contributed by atoms with E-state index in [-0.39, 0.29) is 6.61 Å². The van der Waals surface area contributed by atoms with E-state index in [0.717, 1.165) is 5.56 Å². The third-order valence-corrected chi connectivity index (χ3v) is 2.15. The Bertz CT molecular complexity index is 371. The van der Waals surface area contributed by atoms with E-state index in [4.69, 9.17) is 19.8 Å². The van der Waals surface area contributed by atoms with E-state index in [1.807, 2.05) is 6.07 Å². The number of hydrogen-bond donors (Lipinski definition) is 1. The number of nitrogens with zero attached hydrogens (tertiary/aromatic N) is 1. The van der Waals surface area contributed by atoms with Crippen LogP contribution in [-0.2, 0) is 0 Å². The lowest BCUT2D eigenvalue weighted by atomic mass is 10.0. The average Bonchev–Trinajstić information content (AvgIpc) is 2.30. The van der Waals surface area contributed by atoms with Gasteiger partial charge in [-0.15, -0.1) is 0 Å². The van der Waals surface area contributed by atoms with Gasteiger partial charge in [-0.05, 0) is 17.7 Å². The second-order valence-corrected chi connectivity index (χ2v) is 2.98. The number of ether oxygens (including phenoxy) is 2. The zero-order valence-electron chi connectivity index (χ0n) is 8.73. The second kappa shape index (κ2) is 5.23. The lowest BCUT2D eigenvalue weighted by Crippen LogP contribution is -2.02. The highest BCUT2D eigenvalue weighted by atomic mass is 16.5. The van der Waals surface area contributed by atoms with Crippen LogP contribution in [0.25, 0.3) is 0 Å². The standard InChI is InChI=1S/C11H13NO3/c1-14-10-4-3-8(5-11(10)15-2)9(6-12)7-13/h3-5,9,13H,7H2,1-2H3. The average molecular weight is 207 g/mol. The summed E-state index contributed by atoms with van der Waals surface area (Å²) in [4.78, 5) is 0. The van der Waals surface area contributed by atoms with Crippen molar-refractivity contribution in [2.75, 3.05) is 20.8 Å². The molecular weight excluding hydrogens is 194 g/mol. The first kappa shape index (κ1) is 11.3. The van der Waals surface area contributed by atoms with Crippen molar-refractivity contribution in [1.29, 1.82) is 5.26 Å². The lowest BCUT2D eigenvalue weighted by Gasteiger charge is -2.11. The summed E-state index contributed by atoms with van der Waals surface area (Å²) in [5, 5.41) is 17.8. The number of hydrogen-bond acceptors (Lipinski definition) is 4. The van der Waals surface area contributed by atoms with Crippen LogP contribution in [0.3, 0.4) is 0 Å². The minimum absolute atomic E-state index is 0.202. The van der Waals surface area contributed by atoms with Crippen molar-refractivity contribution in [2.45, 2.75) is 5.92 Å². The SMILES string of the molecule is COc1ccc(C(C#N)CO)cc1OC. The number of methoxy groups -OCH3 is 2. The summed E-state index contributed by atoms with van der Waals surface area (Å²) < 4.78 is 10.2. The van der Waals surface area contributed by atoms with Crippen LogP contribution in [0, 0.1) is 11.3 Å². The molecule has 0 amide bonds. The van der Waals surface area contributed by atoms with Gasteiger partial charge in [0, 0.05) is 0 Å². The molecule has 0 radical (unpaired) electrons. The Hall–Kier alpha value is -1.73. The monoisotopic (exact) mass is 207 g/mol. The summed E-state index contributed by atoms with van der Waals surface area (Å²) in [5.41, 5.74) is 0.720. The Labute approximate surface area is 88.7 Å². The molecule has 80 valence electrons. The van der Waals surface area contributed by atoms with Crippen molar-refractivity contribution in [3.63, 3.8) is 0 Å². The predicted octanol–water partition coefficient (Wildman–Crippen LogP) is 1.30. The first-order valence-electron chi connectivity index (χ1n) is 4.49. The zero-order chi connectivity index (χ0) is 11.3. The molecule has 0 aliphatic heterocycles. The van der Waals surface area contributed by atoms with Crippen molar-refractivity contribution >= 4 is 0 Å². The summed E-state index contributed by atoms with van der Waals surface area (Å²) in [6.45, 7) is -0.202. The molecule has 1 unspecified atom stereocenters. The maximum Gasteiger partial charge on any atom is 0.161 e. The van der Waals surface area contributed by atoms with Gasteiger partial charge in [0.1, 0.15) is 0 Å². The molecule has 15 heavy (non-hydrogen) atoms. The third kappa shape index (κ3) is 2.39. The molecule has 0 aliphatic carbocycles. The first-order chi connectivity index (χ1) is 7.26. The molecule has 1 aromatic rings. The molecular formula is C11H13NO3. The molecule has 0 saturated heterocycles. The smallest absolute Gasteiger partial charge is 0.161 e. The van der Waals surface area contributed by atoms with Gasteiger partial charge in [-0.2, -0.15) is 5.26 Å². The molecule has 0 saturated carbocycles. The van der Waals surface area contributed by atoms with Crippen molar-refractivity contribution in [3.8, 4) is 17.6 Å². The fourth-order valence-corrected chi connectivity index (χ4v) is 1.29. The van der Waals surface area contributed by atoms with E-state index in [9.17, 15) is 0 Å². The van der Waals surface area contributed by atoms with Crippen LogP contribution >= 0.6 is 0 Å². The predicted molar refractivity (Wildman–Crippen MR) is 55.0 cm³/mol. The Kier molecular flexibility index (Phi) is 3.95.